The standard InChI is InChI=1S/C18H32O/c1-3-5-7-8-9-10-11-12-13-15-17-18(19)16-14-6-4-2/h4,6,14,16-17,19H,3,5,7-13,15H2,1-2H3/b6-4+,16-14+,18-17-. The lowest BCUT2D eigenvalue weighted by molar-refractivity contribution is 0.428. The molecule has 0 heterocycles. The second-order valence-electron chi connectivity index (χ2n) is 5.13. The van der Waals surface area contributed by atoms with Crippen LogP contribution in [0, 0.1) is 0 Å². The zero-order valence-electron chi connectivity index (χ0n) is 12.9. The molecular weight excluding hydrogens is 232 g/mol. The van der Waals surface area contributed by atoms with Crippen LogP contribution in [-0.2, 0) is 0 Å². The predicted octanol–water partition coefficient (Wildman–Crippen LogP) is 6.48. The van der Waals surface area contributed by atoms with E-state index in [-0.39, 0.29) is 0 Å². The van der Waals surface area contributed by atoms with Gasteiger partial charge in [-0.25, -0.2) is 0 Å². The van der Waals surface area contributed by atoms with Gasteiger partial charge in [0, 0.05) is 0 Å². The molecule has 0 aromatic heterocycles. The van der Waals surface area contributed by atoms with Gasteiger partial charge in [0.25, 0.3) is 0 Å². The highest BCUT2D eigenvalue weighted by Gasteiger charge is 1.92. The van der Waals surface area contributed by atoms with Crippen LogP contribution in [0.3, 0.4) is 0 Å². The molecule has 0 unspecified atom stereocenters. The molecule has 1 nitrogen and oxygen atoms in total. The van der Waals surface area contributed by atoms with Crippen molar-refractivity contribution in [1.29, 1.82) is 0 Å². The molecule has 0 aromatic rings. The van der Waals surface area contributed by atoms with Gasteiger partial charge in [-0.1, -0.05) is 76.5 Å². The molecule has 19 heavy (non-hydrogen) atoms. The first-order valence-electron chi connectivity index (χ1n) is 7.99. The maximum absolute atomic E-state index is 9.54. The Labute approximate surface area is 120 Å². The van der Waals surface area contributed by atoms with Crippen LogP contribution in [0.1, 0.15) is 78.1 Å². The van der Waals surface area contributed by atoms with Gasteiger partial charge < -0.3 is 5.11 Å². The van der Waals surface area contributed by atoms with Gasteiger partial charge in [-0.2, -0.15) is 0 Å². The number of rotatable bonds is 12. The highest BCUT2D eigenvalue weighted by molar-refractivity contribution is 5.15. The fourth-order valence-electron chi connectivity index (χ4n) is 2.04. The SMILES string of the molecule is C/C=C/C=C/C(O)=C/CCCCCCCCCCC. The Balaban J connectivity index is 3.32. The molecule has 0 radical (unpaired) electrons. The molecule has 0 saturated carbocycles. The average molecular weight is 264 g/mol. The van der Waals surface area contributed by atoms with Crippen molar-refractivity contribution in [2.24, 2.45) is 0 Å². The molecule has 0 atom stereocenters. The van der Waals surface area contributed by atoms with E-state index >= 15 is 0 Å². The van der Waals surface area contributed by atoms with Crippen LogP contribution in [-0.4, -0.2) is 5.11 Å². The summed E-state index contributed by atoms with van der Waals surface area (Å²) in [5.41, 5.74) is 0. The fraction of sp³-hybridized carbons (Fsp3) is 0.667. The van der Waals surface area contributed by atoms with Crippen LogP contribution in [0.25, 0.3) is 0 Å². The largest absolute Gasteiger partial charge is 0.508 e. The van der Waals surface area contributed by atoms with E-state index in [2.05, 4.69) is 6.92 Å². The van der Waals surface area contributed by atoms with Gasteiger partial charge in [0.2, 0.25) is 0 Å². The molecule has 110 valence electrons. The number of aliphatic hydroxyl groups is 1. The first kappa shape index (κ1) is 18.0. The second kappa shape index (κ2) is 15.1. The third kappa shape index (κ3) is 15.0. The van der Waals surface area contributed by atoms with E-state index < -0.39 is 0 Å². The highest BCUT2D eigenvalue weighted by atomic mass is 16.3. The van der Waals surface area contributed by atoms with Gasteiger partial charge in [-0.05, 0) is 31.9 Å². The van der Waals surface area contributed by atoms with Crippen LogP contribution in [0.15, 0.2) is 36.1 Å². The van der Waals surface area contributed by atoms with Crippen molar-refractivity contribution < 1.29 is 5.11 Å². The van der Waals surface area contributed by atoms with Crippen molar-refractivity contribution in [2.75, 3.05) is 0 Å². The Bertz CT molecular complexity index is 261. The van der Waals surface area contributed by atoms with Crippen molar-refractivity contribution >= 4 is 0 Å². The minimum Gasteiger partial charge on any atom is -0.508 e. The van der Waals surface area contributed by atoms with Crippen LogP contribution in [0.4, 0.5) is 0 Å². The van der Waals surface area contributed by atoms with Crippen molar-refractivity contribution in [3.8, 4) is 0 Å². The van der Waals surface area contributed by atoms with E-state index in [9.17, 15) is 5.11 Å². The van der Waals surface area contributed by atoms with E-state index in [4.69, 9.17) is 0 Å². The van der Waals surface area contributed by atoms with Gasteiger partial charge in [-0.15, -0.1) is 0 Å². The lowest BCUT2D eigenvalue weighted by Crippen LogP contribution is -1.81. The fourth-order valence-corrected chi connectivity index (χ4v) is 2.04. The van der Waals surface area contributed by atoms with E-state index in [0.29, 0.717) is 5.76 Å². The lowest BCUT2D eigenvalue weighted by atomic mass is 10.1. The number of allylic oxidation sites excluding steroid dienone is 5. The molecule has 0 rings (SSSR count). The number of aliphatic hydroxyl groups excluding tert-OH is 1. The summed E-state index contributed by atoms with van der Waals surface area (Å²) in [4.78, 5) is 0. The molecule has 0 fully saturated rings. The smallest absolute Gasteiger partial charge is 0.111 e. The van der Waals surface area contributed by atoms with Gasteiger partial charge in [-0.3, -0.25) is 0 Å². The molecular formula is C18H32O. The second-order valence-corrected chi connectivity index (χ2v) is 5.13. The summed E-state index contributed by atoms with van der Waals surface area (Å²) in [7, 11) is 0. The molecule has 1 N–H and O–H groups in total. The number of hydrogen-bond acceptors (Lipinski definition) is 1. The Kier molecular flexibility index (Phi) is 14.3. The Morgan fingerprint density at radius 3 is 2.00 bits per heavy atom. The summed E-state index contributed by atoms with van der Waals surface area (Å²) in [5.74, 6) is 0.387. The molecule has 0 bridgehead atoms. The van der Waals surface area contributed by atoms with Crippen molar-refractivity contribution in [3.05, 3.63) is 36.1 Å². The molecule has 0 spiro atoms. The maximum atomic E-state index is 9.54. The van der Waals surface area contributed by atoms with Crippen molar-refractivity contribution in [2.45, 2.75) is 78.1 Å². The van der Waals surface area contributed by atoms with E-state index in [1.165, 1.54) is 57.8 Å². The zero-order valence-corrected chi connectivity index (χ0v) is 12.9. The first-order valence-corrected chi connectivity index (χ1v) is 7.99. The predicted molar refractivity (Wildman–Crippen MR) is 86.5 cm³/mol. The van der Waals surface area contributed by atoms with Crippen molar-refractivity contribution in [1.82, 2.24) is 0 Å². The van der Waals surface area contributed by atoms with Crippen LogP contribution in [0.2, 0.25) is 0 Å². The van der Waals surface area contributed by atoms with Crippen LogP contribution < -0.4 is 0 Å². The number of unbranched alkanes of at least 4 members (excludes halogenated alkanes) is 9. The van der Waals surface area contributed by atoms with Crippen LogP contribution in [0.5, 0.6) is 0 Å². The van der Waals surface area contributed by atoms with E-state index in [1.54, 1.807) is 6.08 Å². The zero-order chi connectivity index (χ0) is 14.2. The minimum absolute atomic E-state index is 0.387. The summed E-state index contributed by atoms with van der Waals surface area (Å²) >= 11 is 0. The molecule has 0 aliphatic rings. The van der Waals surface area contributed by atoms with Crippen molar-refractivity contribution in [3.63, 3.8) is 0 Å². The topological polar surface area (TPSA) is 20.2 Å². The molecule has 0 aliphatic carbocycles. The summed E-state index contributed by atoms with van der Waals surface area (Å²) in [5, 5.41) is 9.54. The van der Waals surface area contributed by atoms with Gasteiger partial charge in [0.1, 0.15) is 5.76 Å². The van der Waals surface area contributed by atoms with Gasteiger partial charge in [0.15, 0.2) is 0 Å². The normalized spacial score (nSPS) is 12.8. The molecule has 0 saturated heterocycles. The number of hydrogen-bond donors (Lipinski definition) is 1. The highest BCUT2D eigenvalue weighted by Crippen LogP contribution is 2.11. The average Bonchev–Trinajstić information content (AvgIpc) is 2.41. The van der Waals surface area contributed by atoms with E-state index in [0.717, 1.165) is 6.42 Å². The Hall–Kier alpha value is -0.980. The summed E-state index contributed by atoms with van der Waals surface area (Å²) in [6, 6.07) is 0. The minimum atomic E-state index is 0.387. The van der Waals surface area contributed by atoms with Gasteiger partial charge in [0.05, 0.1) is 0 Å². The summed E-state index contributed by atoms with van der Waals surface area (Å²) < 4.78 is 0. The molecule has 0 aromatic carbocycles. The Morgan fingerprint density at radius 1 is 0.842 bits per heavy atom. The van der Waals surface area contributed by atoms with Gasteiger partial charge >= 0.3 is 0 Å². The molecule has 0 amide bonds. The lowest BCUT2D eigenvalue weighted by Gasteiger charge is -2.00. The third-order valence-corrected chi connectivity index (χ3v) is 3.23. The quantitative estimate of drug-likeness (QED) is 0.243. The summed E-state index contributed by atoms with van der Waals surface area (Å²) in [6.45, 7) is 4.23. The molecule has 1 heteroatoms. The summed E-state index contributed by atoms with van der Waals surface area (Å²) in [6.07, 6.45) is 22.5. The molecule has 0 aliphatic heterocycles. The maximum Gasteiger partial charge on any atom is 0.111 e. The van der Waals surface area contributed by atoms with Crippen LogP contribution >= 0.6 is 0 Å². The van der Waals surface area contributed by atoms with E-state index in [1.807, 2.05) is 31.2 Å². The third-order valence-electron chi connectivity index (χ3n) is 3.23. The first-order chi connectivity index (χ1) is 9.31. The Morgan fingerprint density at radius 2 is 1.42 bits per heavy atom. The monoisotopic (exact) mass is 264 g/mol.